The summed E-state index contributed by atoms with van der Waals surface area (Å²) in [5.41, 5.74) is 0.936. The molecule has 0 N–H and O–H groups in total. The van der Waals surface area contributed by atoms with E-state index in [4.69, 9.17) is 21.1 Å². The lowest BCUT2D eigenvalue weighted by atomic mass is 9.76. The van der Waals surface area contributed by atoms with E-state index in [0.717, 1.165) is 24.2 Å². The van der Waals surface area contributed by atoms with Crippen LogP contribution in [0.15, 0.2) is 18.5 Å². The lowest BCUT2D eigenvalue weighted by molar-refractivity contribution is -0.0612. The van der Waals surface area contributed by atoms with Crippen molar-refractivity contribution in [1.82, 2.24) is 19.7 Å². The molecule has 2 aromatic rings. The van der Waals surface area contributed by atoms with Crippen molar-refractivity contribution in [2.75, 3.05) is 19.8 Å². The van der Waals surface area contributed by atoms with Crippen LogP contribution in [0.1, 0.15) is 24.7 Å². The van der Waals surface area contributed by atoms with Gasteiger partial charge < -0.3 is 14.0 Å². The summed E-state index contributed by atoms with van der Waals surface area (Å²) in [6.45, 7) is 3.95. The molecule has 118 valence electrons. The van der Waals surface area contributed by atoms with Crippen molar-refractivity contribution in [1.29, 1.82) is 0 Å². The minimum atomic E-state index is -0.141. The molecule has 2 aromatic heterocycles. The summed E-state index contributed by atoms with van der Waals surface area (Å²) < 4.78 is 13.0. The van der Waals surface area contributed by atoms with E-state index < -0.39 is 0 Å². The Hall–Kier alpha value is -1.66. The molecule has 0 amide bonds. The fraction of sp³-hybridized carbons (Fsp3) is 0.533. The Morgan fingerprint density at radius 2 is 2.23 bits per heavy atom. The Labute approximate surface area is 134 Å². The Kier molecular flexibility index (Phi) is 4.31. The number of nitrogens with zero attached hydrogens (tertiary/aromatic N) is 4. The van der Waals surface area contributed by atoms with Crippen molar-refractivity contribution >= 4 is 11.6 Å². The van der Waals surface area contributed by atoms with Crippen molar-refractivity contribution < 1.29 is 9.47 Å². The van der Waals surface area contributed by atoms with E-state index in [1.54, 1.807) is 6.33 Å². The smallest absolute Gasteiger partial charge is 0.214 e. The molecule has 0 unspecified atom stereocenters. The van der Waals surface area contributed by atoms with E-state index in [9.17, 15) is 0 Å². The van der Waals surface area contributed by atoms with Gasteiger partial charge in [0.1, 0.15) is 17.3 Å². The van der Waals surface area contributed by atoms with Crippen LogP contribution in [0.4, 0.5) is 0 Å². The van der Waals surface area contributed by atoms with Crippen LogP contribution in [0.5, 0.6) is 5.88 Å². The van der Waals surface area contributed by atoms with Gasteiger partial charge in [-0.1, -0.05) is 18.5 Å². The third-order valence-electron chi connectivity index (χ3n) is 3.90. The zero-order valence-electron chi connectivity index (χ0n) is 12.8. The largest absolute Gasteiger partial charge is 0.478 e. The molecule has 0 aliphatic carbocycles. The van der Waals surface area contributed by atoms with Gasteiger partial charge in [-0.15, -0.1) is 10.2 Å². The first-order valence-corrected chi connectivity index (χ1v) is 7.72. The van der Waals surface area contributed by atoms with Gasteiger partial charge in [0.05, 0.1) is 19.8 Å². The highest BCUT2D eigenvalue weighted by molar-refractivity contribution is 6.29. The first-order valence-electron chi connectivity index (χ1n) is 7.34. The number of hydrogen-bond acceptors (Lipinski definition) is 5. The standard InChI is InChI=1S/C15H19ClN4O2/c1-3-4-22-14-6-11(5-12(16)18-14)15(8-21-9-15)7-13-19-17-10-20(13)2/h5-6,10H,3-4,7-9H2,1-2H3. The van der Waals surface area contributed by atoms with Crippen LogP contribution in [0.2, 0.25) is 5.15 Å². The van der Waals surface area contributed by atoms with Crippen molar-refractivity contribution in [3.8, 4) is 5.88 Å². The van der Waals surface area contributed by atoms with Crippen molar-refractivity contribution in [3.63, 3.8) is 0 Å². The minimum absolute atomic E-state index is 0.141. The van der Waals surface area contributed by atoms with Crippen molar-refractivity contribution in [2.45, 2.75) is 25.2 Å². The lowest BCUT2D eigenvalue weighted by Crippen LogP contribution is -2.49. The predicted molar refractivity (Wildman–Crippen MR) is 82.2 cm³/mol. The molecule has 1 aliphatic rings. The van der Waals surface area contributed by atoms with Crippen LogP contribution in [0.25, 0.3) is 0 Å². The molecule has 0 saturated carbocycles. The zero-order chi connectivity index (χ0) is 15.6. The summed E-state index contributed by atoms with van der Waals surface area (Å²) in [7, 11) is 1.94. The Morgan fingerprint density at radius 3 is 2.82 bits per heavy atom. The van der Waals surface area contributed by atoms with Gasteiger partial charge in [-0.05, 0) is 18.1 Å². The van der Waals surface area contributed by atoms with Gasteiger partial charge in [-0.3, -0.25) is 0 Å². The highest BCUT2D eigenvalue weighted by Gasteiger charge is 2.42. The molecule has 1 aliphatic heterocycles. The molecule has 1 fully saturated rings. The van der Waals surface area contributed by atoms with Gasteiger partial charge in [0.15, 0.2) is 0 Å². The number of aromatic nitrogens is 4. The van der Waals surface area contributed by atoms with Gasteiger partial charge in [-0.2, -0.15) is 0 Å². The summed E-state index contributed by atoms with van der Waals surface area (Å²) in [4.78, 5) is 4.23. The number of hydrogen-bond donors (Lipinski definition) is 0. The molecule has 0 bridgehead atoms. The van der Waals surface area contributed by atoms with Crippen LogP contribution in [-0.2, 0) is 23.6 Å². The topological polar surface area (TPSA) is 62.1 Å². The Morgan fingerprint density at radius 1 is 1.41 bits per heavy atom. The van der Waals surface area contributed by atoms with Crippen LogP contribution >= 0.6 is 11.6 Å². The highest BCUT2D eigenvalue weighted by Crippen LogP contribution is 2.37. The molecule has 0 spiro atoms. The fourth-order valence-electron chi connectivity index (χ4n) is 2.55. The van der Waals surface area contributed by atoms with E-state index in [1.807, 2.05) is 23.7 Å². The number of aryl methyl sites for hydroxylation is 1. The maximum atomic E-state index is 6.16. The number of halogens is 1. The number of ether oxygens (including phenoxy) is 2. The third kappa shape index (κ3) is 2.94. The SMILES string of the molecule is CCCOc1cc(C2(Cc3nncn3C)COC2)cc(Cl)n1. The van der Waals surface area contributed by atoms with Gasteiger partial charge in [0.25, 0.3) is 0 Å². The molecular weight excluding hydrogens is 304 g/mol. The molecular formula is C15H19ClN4O2. The molecule has 3 rings (SSSR count). The van der Waals surface area contributed by atoms with Crippen LogP contribution in [0.3, 0.4) is 0 Å². The Balaban J connectivity index is 1.89. The van der Waals surface area contributed by atoms with E-state index >= 15 is 0 Å². The quantitative estimate of drug-likeness (QED) is 0.763. The molecule has 0 radical (unpaired) electrons. The summed E-state index contributed by atoms with van der Waals surface area (Å²) in [6.07, 6.45) is 3.38. The normalized spacial score (nSPS) is 16.3. The number of pyridine rings is 1. The highest BCUT2D eigenvalue weighted by atomic mass is 35.5. The maximum Gasteiger partial charge on any atom is 0.214 e. The van der Waals surface area contributed by atoms with Crippen LogP contribution in [0, 0.1) is 0 Å². The van der Waals surface area contributed by atoms with Crippen LogP contribution < -0.4 is 4.74 Å². The second-order valence-corrected chi connectivity index (χ2v) is 6.06. The summed E-state index contributed by atoms with van der Waals surface area (Å²) in [5.74, 6) is 1.49. The minimum Gasteiger partial charge on any atom is -0.478 e. The molecule has 3 heterocycles. The van der Waals surface area contributed by atoms with Gasteiger partial charge in [0, 0.05) is 24.9 Å². The van der Waals surface area contributed by atoms with Crippen molar-refractivity contribution in [3.05, 3.63) is 35.0 Å². The average Bonchev–Trinajstić information content (AvgIpc) is 2.85. The van der Waals surface area contributed by atoms with E-state index in [1.165, 1.54) is 0 Å². The Bertz CT molecular complexity index is 655. The first-order chi connectivity index (χ1) is 10.6. The van der Waals surface area contributed by atoms with E-state index in [-0.39, 0.29) is 5.41 Å². The number of rotatable bonds is 6. The van der Waals surface area contributed by atoms with Crippen LogP contribution in [-0.4, -0.2) is 39.6 Å². The second kappa shape index (κ2) is 6.22. The first kappa shape index (κ1) is 15.2. The van der Waals surface area contributed by atoms with Gasteiger partial charge >= 0.3 is 0 Å². The lowest BCUT2D eigenvalue weighted by Gasteiger charge is -2.41. The second-order valence-electron chi connectivity index (χ2n) is 5.67. The monoisotopic (exact) mass is 322 g/mol. The summed E-state index contributed by atoms with van der Waals surface area (Å²) in [5, 5.41) is 8.56. The third-order valence-corrected chi connectivity index (χ3v) is 4.09. The molecule has 0 atom stereocenters. The summed E-state index contributed by atoms with van der Waals surface area (Å²) >= 11 is 6.16. The average molecular weight is 323 g/mol. The van der Waals surface area contributed by atoms with Gasteiger partial charge in [-0.25, -0.2) is 4.98 Å². The van der Waals surface area contributed by atoms with E-state index in [2.05, 4.69) is 22.1 Å². The molecule has 22 heavy (non-hydrogen) atoms. The molecule has 1 saturated heterocycles. The molecule has 7 heteroatoms. The zero-order valence-corrected chi connectivity index (χ0v) is 13.5. The van der Waals surface area contributed by atoms with Gasteiger partial charge in [0.2, 0.25) is 5.88 Å². The maximum absolute atomic E-state index is 6.16. The van der Waals surface area contributed by atoms with E-state index in [0.29, 0.717) is 30.9 Å². The fourth-order valence-corrected chi connectivity index (χ4v) is 2.75. The predicted octanol–water partition coefficient (Wildman–Crippen LogP) is 2.16. The molecule has 0 aromatic carbocycles. The summed E-state index contributed by atoms with van der Waals surface area (Å²) in [6, 6.07) is 3.85. The van der Waals surface area contributed by atoms with Crippen molar-refractivity contribution in [2.24, 2.45) is 7.05 Å². The molecule has 6 nitrogen and oxygen atoms in total.